The van der Waals surface area contributed by atoms with Gasteiger partial charge < -0.3 is 19.2 Å². The number of hydrogen-bond donors (Lipinski definition) is 1. The van der Waals surface area contributed by atoms with Crippen molar-refractivity contribution in [3.63, 3.8) is 0 Å². The normalized spacial score (nSPS) is 10.8. The molecule has 3 aromatic rings. The number of rotatable bonds is 7. The van der Waals surface area contributed by atoms with Crippen LogP contribution in [0.4, 0.5) is 0 Å². The number of oxazole rings is 1. The van der Waals surface area contributed by atoms with Crippen LogP contribution in [0.2, 0.25) is 5.02 Å². The number of benzene rings is 2. The smallest absolute Gasteiger partial charge is 0.420 e. The van der Waals surface area contributed by atoms with E-state index in [4.69, 9.17) is 25.5 Å². The molecule has 0 fully saturated rings. The first kappa shape index (κ1) is 18.8. The van der Waals surface area contributed by atoms with E-state index in [1.54, 1.807) is 32.4 Å². The van der Waals surface area contributed by atoms with Crippen LogP contribution in [0.3, 0.4) is 0 Å². The lowest BCUT2D eigenvalue weighted by Gasteiger charge is -2.10. The Morgan fingerprint density at radius 2 is 1.93 bits per heavy atom. The van der Waals surface area contributed by atoms with Crippen molar-refractivity contribution in [3.05, 3.63) is 57.5 Å². The maximum absolute atomic E-state index is 12.2. The molecule has 0 bridgehead atoms. The van der Waals surface area contributed by atoms with Gasteiger partial charge in [0.05, 0.1) is 19.7 Å². The van der Waals surface area contributed by atoms with Gasteiger partial charge in [-0.25, -0.2) is 4.79 Å². The summed E-state index contributed by atoms with van der Waals surface area (Å²) in [6.07, 6.45) is 0.610. The molecule has 0 saturated carbocycles. The molecule has 2 aromatic carbocycles. The van der Waals surface area contributed by atoms with Crippen molar-refractivity contribution in [2.75, 3.05) is 20.8 Å². The van der Waals surface area contributed by atoms with Crippen molar-refractivity contribution in [2.24, 2.45) is 0 Å². The van der Waals surface area contributed by atoms with Crippen LogP contribution in [0, 0.1) is 0 Å². The van der Waals surface area contributed by atoms with Crippen molar-refractivity contribution in [2.45, 2.75) is 13.0 Å². The first-order chi connectivity index (χ1) is 13.0. The van der Waals surface area contributed by atoms with E-state index in [1.165, 1.54) is 4.57 Å². The third-order valence-electron chi connectivity index (χ3n) is 4.11. The van der Waals surface area contributed by atoms with Gasteiger partial charge >= 0.3 is 5.76 Å². The van der Waals surface area contributed by atoms with E-state index in [1.807, 2.05) is 18.2 Å². The van der Waals surface area contributed by atoms with E-state index in [9.17, 15) is 9.59 Å². The van der Waals surface area contributed by atoms with Gasteiger partial charge in [-0.05, 0) is 42.3 Å². The third-order valence-corrected chi connectivity index (χ3v) is 4.35. The molecule has 0 saturated heterocycles. The Hall–Kier alpha value is -2.93. The topological polar surface area (TPSA) is 82.7 Å². The van der Waals surface area contributed by atoms with Crippen LogP contribution in [0.15, 0.2) is 45.6 Å². The summed E-state index contributed by atoms with van der Waals surface area (Å²) in [5.41, 5.74) is 1.87. The minimum absolute atomic E-state index is 0.141. The first-order valence-electron chi connectivity index (χ1n) is 8.28. The highest BCUT2D eigenvalue weighted by Gasteiger charge is 2.13. The lowest BCUT2D eigenvalue weighted by Crippen LogP contribution is -2.32. The third kappa shape index (κ3) is 4.25. The van der Waals surface area contributed by atoms with Crippen LogP contribution >= 0.6 is 11.6 Å². The average molecular weight is 391 g/mol. The van der Waals surface area contributed by atoms with E-state index in [0.717, 1.165) is 5.56 Å². The molecule has 0 aliphatic heterocycles. The van der Waals surface area contributed by atoms with Gasteiger partial charge in [0.2, 0.25) is 5.91 Å². The van der Waals surface area contributed by atoms with Gasteiger partial charge in [0, 0.05) is 11.6 Å². The van der Waals surface area contributed by atoms with E-state index in [-0.39, 0.29) is 12.5 Å². The standard InChI is InChI=1S/C19H19ClN2O5/c1-25-16-5-3-12(9-17(16)26-2)7-8-21-18(23)11-22-14-10-13(20)4-6-15(14)27-19(22)24/h3-6,9-10H,7-8,11H2,1-2H3,(H,21,23). The summed E-state index contributed by atoms with van der Waals surface area (Å²) in [7, 11) is 3.15. The summed E-state index contributed by atoms with van der Waals surface area (Å²) < 4.78 is 16.8. The monoisotopic (exact) mass is 390 g/mol. The summed E-state index contributed by atoms with van der Waals surface area (Å²) >= 11 is 5.96. The zero-order valence-corrected chi connectivity index (χ0v) is 15.7. The molecule has 8 heteroatoms. The van der Waals surface area contributed by atoms with Crippen molar-refractivity contribution >= 4 is 28.6 Å². The highest BCUT2D eigenvalue weighted by molar-refractivity contribution is 6.31. The Balaban J connectivity index is 1.62. The largest absolute Gasteiger partial charge is 0.493 e. The lowest BCUT2D eigenvalue weighted by molar-refractivity contribution is -0.121. The second-order valence-corrected chi connectivity index (χ2v) is 6.29. The molecular formula is C19H19ClN2O5. The Labute approximate surface area is 160 Å². The molecule has 27 heavy (non-hydrogen) atoms. The van der Waals surface area contributed by atoms with Gasteiger partial charge in [-0.3, -0.25) is 9.36 Å². The number of carbonyl (C=O) groups is 1. The SMILES string of the molecule is COc1ccc(CCNC(=O)Cn2c(=O)oc3ccc(Cl)cc32)cc1OC. The predicted molar refractivity (Wildman–Crippen MR) is 102 cm³/mol. The van der Waals surface area contributed by atoms with Crippen LogP contribution in [-0.4, -0.2) is 31.2 Å². The molecule has 0 radical (unpaired) electrons. The molecule has 1 amide bonds. The molecule has 0 atom stereocenters. The second kappa shape index (κ2) is 8.18. The Morgan fingerprint density at radius 1 is 1.15 bits per heavy atom. The van der Waals surface area contributed by atoms with Crippen molar-refractivity contribution in [3.8, 4) is 11.5 Å². The lowest BCUT2D eigenvalue weighted by atomic mass is 10.1. The van der Waals surface area contributed by atoms with Gasteiger partial charge in [0.1, 0.15) is 6.54 Å². The molecule has 1 aromatic heterocycles. The number of methoxy groups -OCH3 is 2. The Kier molecular flexibility index (Phi) is 5.71. The van der Waals surface area contributed by atoms with E-state index in [2.05, 4.69) is 5.32 Å². The summed E-state index contributed by atoms with van der Waals surface area (Å²) in [6, 6.07) is 10.4. The highest BCUT2D eigenvalue weighted by Crippen LogP contribution is 2.27. The molecule has 1 heterocycles. The fourth-order valence-electron chi connectivity index (χ4n) is 2.77. The van der Waals surface area contributed by atoms with Crippen LogP contribution in [0.5, 0.6) is 11.5 Å². The predicted octanol–water partition coefficient (Wildman–Crippen LogP) is 2.62. The second-order valence-electron chi connectivity index (χ2n) is 5.86. The van der Waals surface area contributed by atoms with Gasteiger partial charge in [-0.1, -0.05) is 17.7 Å². The quantitative estimate of drug-likeness (QED) is 0.670. The molecular weight excluding hydrogens is 372 g/mol. The summed E-state index contributed by atoms with van der Waals surface area (Å²) in [4.78, 5) is 24.2. The van der Waals surface area contributed by atoms with Crippen LogP contribution in [0.1, 0.15) is 5.56 Å². The minimum Gasteiger partial charge on any atom is -0.493 e. The van der Waals surface area contributed by atoms with E-state index >= 15 is 0 Å². The molecule has 0 aliphatic carbocycles. The number of fused-ring (bicyclic) bond motifs is 1. The molecule has 0 spiro atoms. The van der Waals surface area contributed by atoms with Crippen molar-refractivity contribution in [1.82, 2.24) is 9.88 Å². The van der Waals surface area contributed by atoms with Crippen molar-refractivity contribution < 1.29 is 18.7 Å². The number of amides is 1. The maximum atomic E-state index is 12.2. The van der Waals surface area contributed by atoms with E-state index in [0.29, 0.717) is 40.6 Å². The molecule has 1 N–H and O–H groups in total. The number of nitrogens with zero attached hydrogens (tertiary/aromatic N) is 1. The van der Waals surface area contributed by atoms with Crippen LogP contribution in [0.25, 0.3) is 11.1 Å². The average Bonchev–Trinajstić information content (AvgIpc) is 2.96. The number of carbonyl (C=O) groups excluding carboxylic acids is 1. The summed E-state index contributed by atoms with van der Waals surface area (Å²) in [5, 5.41) is 3.26. The minimum atomic E-state index is -0.595. The van der Waals surface area contributed by atoms with Gasteiger partial charge in [0.25, 0.3) is 0 Å². The zero-order chi connectivity index (χ0) is 19.4. The van der Waals surface area contributed by atoms with E-state index < -0.39 is 5.76 Å². The number of aromatic nitrogens is 1. The Bertz CT molecular complexity index is 1020. The maximum Gasteiger partial charge on any atom is 0.420 e. The highest BCUT2D eigenvalue weighted by atomic mass is 35.5. The Morgan fingerprint density at radius 3 is 2.67 bits per heavy atom. The van der Waals surface area contributed by atoms with Gasteiger partial charge in [-0.15, -0.1) is 0 Å². The van der Waals surface area contributed by atoms with Crippen LogP contribution in [-0.2, 0) is 17.8 Å². The molecule has 0 unspecified atom stereocenters. The van der Waals surface area contributed by atoms with Gasteiger partial charge in [0.15, 0.2) is 17.1 Å². The molecule has 3 rings (SSSR count). The number of hydrogen-bond acceptors (Lipinski definition) is 5. The van der Waals surface area contributed by atoms with Crippen LogP contribution < -0.4 is 20.5 Å². The zero-order valence-electron chi connectivity index (χ0n) is 15.0. The fraction of sp³-hybridized carbons (Fsp3) is 0.263. The molecule has 0 aliphatic rings. The number of halogens is 1. The number of ether oxygens (including phenoxy) is 2. The molecule has 142 valence electrons. The summed E-state index contributed by atoms with van der Waals surface area (Å²) in [5.74, 6) is 0.396. The molecule has 7 nitrogen and oxygen atoms in total. The fourth-order valence-corrected chi connectivity index (χ4v) is 2.93. The summed E-state index contributed by atoms with van der Waals surface area (Å²) in [6.45, 7) is 0.276. The van der Waals surface area contributed by atoms with Gasteiger partial charge in [-0.2, -0.15) is 0 Å². The first-order valence-corrected chi connectivity index (χ1v) is 8.66. The van der Waals surface area contributed by atoms with Crippen molar-refractivity contribution in [1.29, 1.82) is 0 Å². The number of nitrogens with one attached hydrogen (secondary N) is 1.